The molecule has 0 atom stereocenters. The summed E-state index contributed by atoms with van der Waals surface area (Å²) in [6.45, 7) is 2.73. The summed E-state index contributed by atoms with van der Waals surface area (Å²) in [4.78, 5) is 18.1. The number of esters is 1. The van der Waals surface area contributed by atoms with E-state index < -0.39 is 0 Å². The second-order valence-corrected chi connectivity index (χ2v) is 4.05. The van der Waals surface area contributed by atoms with Crippen LogP contribution in [0.25, 0.3) is 0 Å². The van der Waals surface area contributed by atoms with E-state index >= 15 is 0 Å². The van der Waals surface area contributed by atoms with Crippen molar-refractivity contribution in [2.45, 2.75) is 13.5 Å². The number of ether oxygens (including phenoxy) is 1. The molecule has 1 aromatic rings. The maximum absolute atomic E-state index is 10.8. The molecule has 0 aromatic carbocycles. The fourth-order valence-corrected chi connectivity index (χ4v) is 1.85. The zero-order valence-electron chi connectivity index (χ0n) is 9.06. The molecule has 0 unspecified atom stereocenters. The average molecular weight is 226 g/mol. The summed E-state index contributed by atoms with van der Waals surface area (Å²) < 4.78 is 4.50. The second-order valence-electron chi connectivity index (χ2n) is 3.11. The van der Waals surface area contributed by atoms with Crippen molar-refractivity contribution in [3.05, 3.63) is 28.4 Å². The molecule has 0 N–H and O–H groups in total. The number of nitrogens with zero attached hydrogens (tertiary/aromatic N) is 2. The fraction of sp³-hybridized carbons (Fsp3) is 0.400. The lowest BCUT2D eigenvalue weighted by Gasteiger charge is -2.12. The largest absolute Gasteiger partial charge is 0.466 e. The Labute approximate surface area is 93.2 Å². The van der Waals surface area contributed by atoms with Gasteiger partial charge in [0, 0.05) is 24.2 Å². The molecule has 4 nitrogen and oxygen atoms in total. The van der Waals surface area contributed by atoms with Gasteiger partial charge < -0.3 is 9.64 Å². The first-order valence-corrected chi connectivity index (χ1v) is 5.36. The Morgan fingerprint density at radius 2 is 2.47 bits per heavy atom. The molecule has 82 valence electrons. The molecule has 15 heavy (non-hydrogen) atoms. The van der Waals surface area contributed by atoms with E-state index in [1.807, 2.05) is 24.4 Å². The topological polar surface area (TPSA) is 42.4 Å². The van der Waals surface area contributed by atoms with Gasteiger partial charge in [0.15, 0.2) is 0 Å². The van der Waals surface area contributed by atoms with Crippen molar-refractivity contribution in [2.24, 2.45) is 0 Å². The predicted octanol–water partition coefficient (Wildman–Crippen LogP) is 1.57. The van der Waals surface area contributed by atoms with Gasteiger partial charge in [0.2, 0.25) is 0 Å². The molecular weight excluding hydrogens is 212 g/mol. The summed E-state index contributed by atoms with van der Waals surface area (Å²) in [7, 11) is 3.26. The Bertz CT molecular complexity index is 360. The number of hydrogen-bond acceptors (Lipinski definition) is 5. The van der Waals surface area contributed by atoms with Crippen LogP contribution in [0.15, 0.2) is 17.8 Å². The third-order valence-corrected chi connectivity index (χ3v) is 2.82. The Morgan fingerprint density at radius 3 is 3.00 bits per heavy atom. The Morgan fingerprint density at radius 1 is 1.73 bits per heavy atom. The monoisotopic (exact) mass is 226 g/mol. The normalized spacial score (nSPS) is 10.6. The van der Waals surface area contributed by atoms with Crippen LogP contribution in [0.4, 0.5) is 0 Å². The predicted molar refractivity (Wildman–Crippen MR) is 59.5 cm³/mol. The van der Waals surface area contributed by atoms with E-state index in [1.165, 1.54) is 18.1 Å². The van der Waals surface area contributed by atoms with Crippen LogP contribution < -0.4 is 0 Å². The smallest absolute Gasteiger partial charge is 0.331 e. The van der Waals surface area contributed by atoms with Gasteiger partial charge in [-0.2, -0.15) is 0 Å². The van der Waals surface area contributed by atoms with Crippen molar-refractivity contribution < 1.29 is 9.53 Å². The fourth-order valence-electron chi connectivity index (χ4n) is 1.01. The van der Waals surface area contributed by atoms with Crippen LogP contribution in [0.3, 0.4) is 0 Å². The van der Waals surface area contributed by atoms with E-state index in [-0.39, 0.29) is 5.97 Å². The third kappa shape index (κ3) is 3.71. The minimum absolute atomic E-state index is 0.345. The lowest BCUT2D eigenvalue weighted by Crippen LogP contribution is -2.10. The van der Waals surface area contributed by atoms with Crippen LogP contribution >= 0.6 is 11.3 Å². The number of methoxy groups -OCH3 is 1. The van der Waals surface area contributed by atoms with Gasteiger partial charge in [-0.15, -0.1) is 11.3 Å². The summed E-state index contributed by atoms with van der Waals surface area (Å²) in [6.07, 6.45) is 3.10. The zero-order valence-corrected chi connectivity index (χ0v) is 9.87. The minimum Gasteiger partial charge on any atom is -0.466 e. The highest BCUT2D eigenvalue weighted by Crippen LogP contribution is 2.13. The Hall–Kier alpha value is -1.36. The van der Waals surface area contributed by atoms with Crippen molar-refractivity contribution in [1.29, 1.82) is 0 Å². The highest BCUT2D eigenvalue weighted by molar-refractivity contribution is 7.09. The van der Waals surface area contributed by atoms with Crippen LogP contribution in [0.1, 0.15) is 10.6 Å². The number of rotatable bonds is 4. The van der Waals surface area contributed by atoms with Crippen molar-refractivity contribution in [3.63, 3.8) is 0 Å². The van der Waals surface area contributed by atoms with Crippen LogP contribution in [-0.4, -0.2) is 30.0 Å². The van der Waals surface area contributed by atoms with E-state index in [4.69, 9.17) is 0 Å². The molecule has 0 aliphatic heterocycles. The molecule has 5 heteroatoms. The van der Waals surface area contributed by atoms with Crippen LogP contribution in [0.5, 0.6) is 0 Å². The summed E-state index contributed by atoms with van der Waals surface area (Å²) in [5, 5.41) is 0. The first-order chi connectivity index (χ1) is 7.13. The van der Waals surface area contributed by atoms with Gasteiger partial charge >= 0.3 is 5.97 Å². The van der Waals surface area contributed by atoms with E-state index in [2.05, 4.69) is 9.72 Å². The van der Waals surface area contributed by atoms with Crippen molar-refractivity contribution in [3.8, 4) is 0 Å². The molecule has 0 saturated heterocycles. The first kappa shape index (κ1) is 11.7. The first-order valence-electron chi connectivity index (χ1n) is 4.49. The third-order valence-electron chi connectivity index (χ3n) is 1.90. The molecule has 1 rings (SSSR count). The lowest BCUT2D eigenvalue weighted by atomic mass is 10.4. The Balaban J connectivity index is 2.50. The quantitative estimate of drug-likeness (QED) is 0.577. The molecule has 0 spiro atoms. The van der Waals surface area contributed by atoms with Crippen LogP contribution in [0, 0.1) is 6.92 Å². The average Bonchev–Trinajstić information content (AvgIpc) is 2.61. The van der Waals surface area contributed by atoms with E-state index in [9.17, 15) is 4.79 Å². The van der Waals surface area contributed by atoms with Crippen molar-refractivity contribution in [2.75, 3.05) is 14.2 Å². The van der Waals surface area contributed by atoms with Crippen molar-refractivity contribution in [1.82, 2.24) is 9.88 Å². The molecule has 0 saturated carbocycles. The highest BCUT2D eigenvalue weighted by atomic mass is 32.1. The number of aryl methyl sites for hydroxylation is 1. The maximum Gasteiger partial charge on any atom is 0.331 e. The summed E-state index contributed by atoms with van der Waals surface area (Å²) in [5.74, 6) is -0.345. The van der Waals surface area contributed by atoms with E-state index in [0.29, 0.717) is 0 Å². The zero-order chi connectivity index (χ0) is 11.3. The van der Waals surface area contributed by atoms with Gasteiger partial charge in [0.25, 0.3) is 0 Å². The maximum atomic E-state index is 10.8. The lowest BCUT2D eigenvalue weighted by molar-refractivity contribution is -0.134. The molecular formula is C10H14N2O2S. The van der Waals surface area contributed by atoms with Gasteiger partial charge in [-0.1, -0.05) is 0 Å². The summed E-state index contributed by atoms with van der Waals surface area (Å²) >= 11 is 1.62. The van der Waals surface area contributed by atoms with Crippen molar-refractivity contribution >= 4 is 17.3 Å². The molecule has 0 amide bonds. The molecule has 1 aromatic heterocycles. The number of carbonyl (C=O) groups is 1. The molecule has 0 aliphatic rings. The van der Waals surface area contributed by atoms with Gasteiger partial charge in [-0.25, -0.2) is 9.78 Å². The van der Waals surface area contributed by atoms with Gasteiger partial charge in [0.05, 0.1) is 24.9 Å². The highest BCUT2D eigenvalue weighted by Gasteiger charge is 2.02. The SMILES string of the molecule is COC(=O)C=CN(C)Cc1scnc1C. The van der Waals surface area contributed by atoms with Gasteiger partial charge in [-0.05, 0) is 6.92 Å². The molecule has 0 aliphatic carbocycles. The standard InChI is InChI=1S/C10H14N2O2S/c1-8-9(15-7-11-8)6-12(2)5-4-10(13)14-3/h4-5,7H,6H2,1-3H3. The molecule has 0 bridgehead atoms. The van der Waals surface area contributed by atoms with E-state index in [1.54, 1.807) is 17.5 Å². The Kier molecular flexibility index (Phi) is 4.30. The van der Waals surface area contributed by atoms with Gasteiger partial charge in [0.1, 0.15) is 0 Å². The number of hydrogen-bond donors (Lipinski definition) is 0. The minimum atomic E-state index is -0.345. The van der Waals surface area contributed by atoms with Crippen LogP contribution in [0.2, 0.25) is 0 Å². The van der Waals surface area contributed by atoms with Gasteiger partial charge in [-0.3, -0.25) is 0 Å². The number of carbonyl (C=O) groups excluding carboxylic acids is 1. The molecule has 0 fully saturated rings. The number of aromatic nitrogens is 1. The second kappa shape index (κ2) is 5.50. The molecule has 1 heterocycles. The van der Waals surface area contributed by atoms with E-state index in [0.717, 1.165) is 12.2 Å². The number of thiazole rings is 1. The van der Waals surface area contributed by atoms with Crippen LogP contribution in [-0.2, 0) is 16.1 Å². The summed E-state index contributed by atoms with van der Waals surface area (Å²) in [6, 6.07) is 0. The molecule has 0 radical (unpaired) electrons. The summed E-state index contributed by atoms with van der Waals surface area (Å²) in [5.41, 5.74) is 2.86.